The minimum Gasteiger partial charge on any atom is -0.382 e. The van der Waals surface area contributed by atoms with Gasteiger partial charge in [-0.1, -0.05) is 30.3 Å². The number of aromatic nitrogens is 2. The second kappa shape index (κ2) is 5.64. The highest BCUT2D eigenvalue weighted by molar-refractivity contribution is 5.61. The quantitative estimate of drug-likeness (QED) is 0.845. The maximum absolute atomic E-state index is 8.97. The maximum atomic E-state index is 8.97. The molecule has 0 radical (unpaired) electrons. The van der Waals surface area contributed by atoms with E-state index >= 15 is 0 Å². The largest absolute Gasteiger partial charge is 0.382 e. The molecular weight excluding hydrogens is 226 g/mol. The van der Waals surface area contributed by atoms with E-state index < -0.39 is 0 Å². The van der Waals surface area contributed by atoms with Crippen LogP contribution in [0, 0.1) is 11.3 Å². The monoisotopic (exact) mass is 239 g/mol. The SMILES string of the molecule is N#Cc1c(N)ncnc1NCCc1ccccc1. The lowest BCUT2D eigenvalue weighted by molar-refractivity contribution is 0.998. The van der Waals surface area contributed by atoms with Gasteiger partial charge >= 0.3 is 0 Å². The summed E-state index contributed by atoms with van der Waals surface area (Å²) in [6.07, 6.45) is 2.20. The van der Waals surface area contributed by atoms with Crippen LogP contribution < -0.4 is 11.1 Å². The van der Waals surface area contributed by atoms with Crippen molar-refractivity contribution in [3.05, 3.63) is 47.8 Å². The van der Waals surface area contributed by atoms with Crippen LogP contribution in [0.5, 0.6) is 0 Å². The first-order valence-corrected chi connectivity index (χ1v) is 5.59. The highest BCUT2D eigenvalue weighted by Gasteiger charge is 2.07. The second-order valence-corrected chi connectivity index (χ2v) is 3.76. The van der Waals surface area contributed by atoms with E-state index in [4.69, 9.17) is 11.0 Å². The van der Waals surface area contributed by atoms with Crippen molar-refractivity contribution >= 4 is 11.6 Å². The Bertz CT molecular complexity index is 559. The van der Waals surface area contributed by atoms with Crippen molar-refractivity contribution in [3.8, 4) is 6.07 Å². The zero-order valence-electron chi connectivity index (χ0n) is 9.80. The van der Waals surface area contributed by atoms with E-state index in [0.717, 1.165) is 6.42 Å². The summed E-state index contributed by atoms with van der Waals surface area (Å²) in [5, 5.41) is 12.1. The molecule has 90 valence electrons. The molecule has 0 amide bonds. The summed E-state index contributed by atoms with van der Waals surface area (Å²) in [5.74, 6) is 0.690. The Morgan fingerprint density at radius 3 is 2.72 bits per heavy atom. The number of nitrogens with zero attached hydrogens (tertiary/aromatic N) is 3. The van der Waals surface area contributed by atoms with Crippen LogP contribution in [-0.2, 0) is 6.42 Å². The predicted molar refractivity (Wildman–Crippen MR) is 69.8 cm³/mol. The highest BCUT2D eigenvalue weighted by Crippen LogP contribution is 2.15. The number of hydrogen-bond acceptors (Lipinski definition) is 5. The van der Waals surface area contributed by atoms with Crippen molar-refractivity contribution in [1.82, 2.24) is 9.97 Å². The van der Waals surface area contributed by atoms with Crippen molar-refractivity contribution in [3.63, 3.8) is 0 Å². The Balaban J connectivity index is 1.99. The molecule has 0 fully saturated rings. The summed E-state index contributed by atoms with van der Waals surface area (Å²) in [7, 11) is 0. The van der Waals surface area contributed by atoms with Crippen LogP contribution in [0.1, 0.15) is 11.1 Å². The second-order valence-electron chi connectivity index (χ2n) is 3.76. The lowest BCUT2D eigenvalue weighted by Crippen LogP contribution is -2.09. The van der Waals surface area contributed by atoms with Gasteiger partial charge in [-0.05, 0) is 12.0 Å². The number of benzene rings is 1. The van der Waals surface area contributed by atoms with Crippen molar-refractivity contribution in [2.24, 2.45) is 0 Å². The van der Waals surface area contributed by atoms with Crippen LogP contribution in [0.25, 0.3) is 0 Å². The van der Waals surface area contributed by atoms with Crippen molar-refractivity contribution < 1.29 is 0 Å². The minimum absolute atomic E-state index is 0.203. The van der Waals surface area contributed by atoms with E-state index in [-0.39, 0.29) is 5.82 Å². The molecule has 0 saturated heterocycles. The summed E-state index contributed by atoms with van der Waals surface area (Å²) in [4.78, 5) is 7.80. The van der Waals surface area contributed by atoms with Crippen molar-refractivity contribution in [1.29, 1.82) is 5.26 Å². The number of nitrogens with two attached hydrogens (primary N) is 1. The molecule has 0 bridgehead atoms. The molecule has 0 unspecified atom stereocenters. The standard InChI is InChI=1S/C13H13N5/c14-8-11-12(15)17-9-18-13(11)16-7-6-10-4-2-1-3-5-10/h1-5,9H,6-7H2,(H3,15,16,17,18). The fourth-order valence-electron chi connectivity index (χ4n) is 1.61. The van der Waals surface area contributed by atoms with Gasteiger partial charge in [-0.15, -0.1) is 0 Å². The van der Waals surface area contributed by atoms with E-state index in [2.05, 4.69) is 27.4 Å². The summed E-state index contributed by atoms with van der Waals surface area (Å²) < 4.78 is 0. The third-order valence-electron chi connectivity index (χ3n) is 2.54. The van der Waals surface area contributed by atoms with E-state index in [0.29, 0.717) is 17.9 Å². The van der Waals surface area contributed by atoms with Gasteiger partial charge in [-0.2, -0.15) is 5.26 Å². The van der Waals surface area contributed by atoms with Crippen LogP contribution in [-0.4, -0.2) is 16.5 Å². The average molecular weight is 239 g/mol. The van der Waals surface area contributed by atoms with Crippen LogP contribution in [0.2, 0.25) is 0 Å². The molecule has 1 heterocycles. The first-order chi connectivity index (χ1) is 8.81. The van der Waals surface area contributed by atoms with Crippen LogP contribution in [0.4, 0.5) is 11.6 Å². The molecule has 0 aliphatic heterocycles. The number of nitrogen functional groups attached to an aromatic ring is 1. The molecule has 1 aromatic carbocycles. The smallest absolute Gasteiger partial charge is 0.149 e. The third-order valence-corrected chi connectivity index (χ3v) is 2.54. The van der Waals surface area contributed by atoms with Crippen LogP contribution in [0.15, 0.2) is 36.7 Å². The minimum atomic E-state index is 0.203. The fourth-order valence-corrected chi connectivity index (χ4v) is 1.61. The number of anilines is 2. The van der Waals surface area contributed by atoms with Gasteiger partial charge in [0.05, 0.1) is 0 Å². The summed E-state index contributed by atoms with van der Waals surface area (Å²) in [6, 6.07) is 12.1. The first-order valence-electron chi connectivity index (χ1n) is 5.59. The molecule has 0 saturated carbocycles. The summed E-state index contributed by atoms with van der Waals surface area (Å²) in [6.45, 7) is 0.690. The molecule has 0 aliphatic carbocycles. The molecular formula is C13H13N5. The van der Waals surface area contributed by atoms with Crippen molar-refractivity contribution in [2.45, 2.75) is 6.42 Å². The van der Waals surface area contributed by atoms with Gasteiger partial charge in [0.2, 0.25) is 0 Å². The van der Waals surface area contributed by atoms with Gasteiger partial charge in [-0.3, -0.25) is 0 Å². The summed E-state index contributed by atoms with van der Waals surface area (Å²) in [5.41, 5.74) is 7.13. The Hall–Kier alpha value is -2.61. The molecule has 2 aromatic rings. The Morgan fingerprint density at radius 2 is 2.00 bits per heavy atom. The Labute approximate surface area is 105 Å². The summed E-state index contributed by atoms with van der Waals surface area (Å²) >= 11 is 0. The van der Waals surface area contributed by atoms with Gasteiger partial charge in [0.25, 0.3) is 0 Å². The molecule has 5 nitrogen and oxygen atoms in total. The molecule has 2 rings (SSSR count). The zero-order chi connectivity index (χ0) is 12.8. The molecule has 0 atom stereocenters. The van der Waals surface area contributed by atoms with E-state index in [1.165, 1.54) is 11.9 Å². The molecule has 1 aromatic heterocycles. The topological polar surface area (TPSA) is 87.6 Å². The van der Waals surface area contributed by atoms with E-state index in [9.17, 15) is 0 Å². The van der Waals surface area contributed by atoms with E-state index in [1.54, 1.807) is 0 Å². The number of nitrogens with one attached hydrogen (secondary N) is 1. The van der Waals surface area contributed by atoms with Crippen LogP contribution >= 0.6 is 0 Å². The van der Waals surface area contributed by atoms with Gasteiger partial charge in [0.1, 0.15) is 29.6 Å². The highest BCUT2D eigenvalue weighted by atomic mass is 15.0. The molecule has 0 aliphatic rings. The predicted octanol–water partition coefficient (Wildman–Crippen LogP) is 1.59. The third kappa shape index (κ3) is 2.74. The van der Waals surface area contributed by atoms with Gasteiger partial charge in [0.15, 0.2) is 0 Å². The molecule has 18 heavy (non-hydrogen) atoms. The molecule has 5 heteroatoms. The van der Waals surface area contributed by atoms with Crippen LogP contribution in [0.3, 0.4) is 0 Å². The van der Waals surface area contributed by atoms with E-state index in [1.807, 2.05) is 24.3 Å². The molecule has 0 spiro atoms. The number of hydrogen-bond donors (Lipinski definition) is 2. The Kier molecular flexibility index (Phi) is 3.72. The number of nitriles is 1. The first kappa shape index (κ1) is 11.9. The van der Waals surface area contributed by atoms with Crippen molar-refractivity contribution in [2.75, 3.05) is 17.6 Å². The lowest BCUT2D eigenvalue weighted by atomic mass is 10.1. The lowest BCUT2D eigenvalue weighted by Gasteiger charge is -2.07. The Morgan fingerprint density at radius 1 is 1.22 bits per heavy atom. The zero-order valence-corrected chi connectivity index (χ0v) is 9.80. The average Bonchev–Trinajstić information content (AvgIpc) is 2.40. The molecule has 3 N–H and O–H groups in total. The van der Waals surface area contributed by atoms with Gasteiger partial charge in [0, 0.05) is 6.54 Å². The normalized spacial score (nSPS) is 9.72. The number of rotatable bonds is 4. The maximum Gasteiger partial charge on any atom is 0.149 e. The van der Waals surface area contributed by atoms with Gasteiger partial charge in [-0.25, -0.2) is 9.97 Å². The fraction of sp³-hybridized carbons (Fsp3) is 0.154. The van der Waals surface area contributed by atoms with Gasteiger partial charge < -0.3 is 11.1 Å².